The Labute approximate surface area is 215 Å². The smallest absolute Gasteiger partial charge is 0.266 e. The Balaban J connectivity index is 2.11. The van der Waals surface area contributed by atoms with Gasteiger partial charge in [-0.1, -0.05) is 53.7 Å². The highest BCUT2D eigenvalue weighted by molar-refractivity contribution is 7.73. The van der Waals surface area contributed by atoms with Gasteiger partial charge in [0.2, 0.25) is 0 Å². The molecule has 0 amide bonds. The van der Waals surface area contributed by atoms with Crippen LogP contribution in [-0.2, 0) is 29.6 Å². The average molecular weight is 521 g/mol. The van der Waals surface area contributed by atoms with E-state index in [4.69, 9.17) is 23.7 Å². The van der Waals surface area contributed by atoms with Crippen molar-refractivity contribution in [1.82, 2.24) is 0 Å². The molecule has 2 aromatic rings. The second-order valence-electron chi connectivity index (χ2n) is 11.0. The first-order valence-electron chi connectivity index (χ1n) is 12.5. The molecule has 0 radical (unpaired) electrons. The standard InChI is InChI=1S/C28H41O7P/c1-27(2,3)21-7-9-23-25(19-21)36(29,30)26-20-22(28(4,5)6)8-10-24(26)35-18-16-33-14-12-31-11-13-32-15-17-34-23/h7-10,19-20H,11-18H2,1-6H3,(H,29,30). The van der Waals surface area contributed by atoms with Crippen LogP contribution < -0.4 is 20.1 Å². The third-order valence-corrected chi connectivity index (χ3v) is 8.02. The topological polar surface area (TPSA) is 83.5 Å². The Hall–Kier alpha value is -1.89. The first kappa shape index (κ1) is 28.7. The van der Waals surface area contributed by atoms with Gasteiger partial charge in [0.05, 0.1) is 50.3 Å². The molecule has 8 heteroatoms. The van der Waals surface area contributed by atoms with Crippen LogP contribution in [0.25, 0.3) is 0 Å². The molecule has 0 unspecified atom stereocenters. The predicted molar refractivity (Wildman–Crippen MR) is 143 cm³/mol. The third-order valence-electron chi connectivity index (χ3n) is 6.02. The second-order valence-corrected chi connectivity index (χ2v) is 13.1. The highest BCUT2D eigenvalue weighted by Crippen LogP contribution is 2.46. The third kappa shape index (κ3) is 7.56. The highest BCUT2D eigenvalue weighted by Gasteiger charge is 2.34. The van der Waals surface area contributed by atoms with Gasteiger partial charge in [0.15, 0.2) is 0 Å². The van der Waals surface area contributed by atoms with E-state index in [0.717, 1.165) is 11.1 Å². The molecule has 2 aromatic carbocycles. The van der Waals surface area contributed by atoms with Gasteiger partial charge >= 0.3 is 0 Å². The van der Waals surface area contributed by atoms with E-state index in [0.29, 0.717) is 51.1 Å². The average Bonchev–Trinajstić information content (AvgIpc) is 2.80. The Morgan fingerprint density at radius 1 is 0.611 bits per heavy atom. The summed E-state index contributed by atoms with van der Waals surface area (Å²) in [5.41, 5.74) is 1.46. The molecule has 0 spiro atoms. The molecule has 0 aliphatic carbocycles. The minimum Gasteiger partial charge on any atom is -0.490 e. The predicted octanol–water partition coefficient (Wildman–Crippen LogP) is 4.32. The van der Waals surface area contributed by atoms with Gasteiger partial charge in [-0.3, -0.25) is 4.57 Å². The van der Waals surface area contributed by atoms with Crippen molar-refractivity contribution >= 4 is 18.0 Å². The normalized spacial score (nSPS) is 18.5. The molecule has 1 aliphatic rings. The van der Waals surface area contributed by atoms with Crippen molar-refractivity contribution in [3.8, 4) is 11.5 Å². The van der Waals surface area contributed by atoms with Gasteiger partial charge in [-0.05, 0) is 46.2 Å². The minimum atomic E-state index is -4.12. The summed E-state index contributed by atoms with van der Waals surface area (Å²) in [5, 5.41) is 0.512. The van der Waals surface area contributed by atoms with Crippen molar-refractivity contribution in [2.75, 3.05) is 52.9 Å². The lowest BCUT2D eigenvalue weighted by molar-refractivity contribution is 0.00504. The first-order valence-corrected chi connectivity index (χ1v) is 14.2. The minimum absolute atomic E-state index is 0.214. The Morgan fingerprint density at radius 3 is 1.28 bits per heavy atom. The summed E-state index contributed by atoms with van der Waals surface area (Å²) in [6.45, 7) is 15.4. The SMILES string of the molecule is CC(C)(C)c1ccc2c(c1)P(=O)(O)c1cc(C(C)(C)C)ccc1OCCOCCOCCOCCO2. The van der Waals surface area contributed by atoms with E-state index in [1.165, 1.54) is 0 Å². The largest absolute Gasteiger partial charge is 0.490 e. The fraction of sp³-hybridized carbons (Fsp3) is 0.571. The van der Waals surface area contributed by atoms with Gasteiger partial charge in [0, 0.05) is 0 Å². The molecular formula is C28H41O7P. The summed E-state index contributed by atoms with van der Waals surface area (Å²) in [7, 11) is -4.12. The summed E-state index contributed by atoms with van der Waals surface area (Å²) in [5.74, 6) is 0.732. The van der Waals surface area contributed by atoms with Crippen LogP contribution in [0.3, 0.4) is 0 Å². The molecule has 0 fully saturated rings. The zero-order valence-corrected chi connectivity index (χ0v) is 23.4. The first-order chi connectivity index (χ1) is 16.9. The molecule has 0 saturated heterocycles. The van der Waals surface area contributed by atoms with Crippen LogP contribution in [0.4, 0.5) is 0 Å². The van der Waals surface area contributed by atoms with Crippen molar-refractivity contribution < 1.29 is 33.1 Å². The van der Waals surface area contributed by atoms with E-state index in [9.17, 15) is 9.46 Å². The lowest BCUT2D eigenvalue weighted by Gasteiger charge is -2.26. The number of hydrogen-bond acceptors (Lipinski definition) is 6. The maximum atomic E-state index is 14.4. The molecule has 0 atom stereocenters. The molecule has 0 bridgehead atoms. The molecular weight excluding hydrogens is 479 g/mol. The molecule has 1 N–H and O–H groups in total. The molecule has 200 valence electrons. The summed E-state index contributed by atoms with van der Waals surface area (Å²) in [4.78, 5) is 11.8. The molecule has 1 aliphatic heterocycles. The van der Waals surface area contributed by atoms with Gasteiger partial charge in [0.25, 0.3) is 7.37 Å². The van der Waals surface area contributed by atoms with E-state index in [-0.39, 0.29) is 34.7 Å². The Morgan fingerprint density at radius 2 is 0.944 bits per heavy atom. The van der Waals surface area contributed by atoms with Gasteiger partial charge < -0.3 is 28.6 Å². The quantitative estimate of drug-likeness (QED) is 0.518. The highest BCUT2D eigenvalue weighted by atomic mass is 31.2. The number of benzene rings is 2. The Bertz CT molecular complexity index is 973. The lowest BCUT2D eigenvalue weighted by atomic mass is 9.87. The van der Waals surface area contributed by atoms with Gasteiger partial charge in [-0.2, -0.15) is 0 Å². The molecule has 7 nitrogen and oxygen atoms in total. The van der Waals surface area contributed by atoms with E-state index < -0.39 is 7.37 Å². The molecule has 0 aromatic heterocycles. The lowest BCUT2D eigenvalue weighted by Crippen LogP contribution is -2.25. The number of ether oxygens (including phenoxy) is 5. The summed E-state index contributed by atoms with van der Waals surface area (Å²) in [6, 6.07) is 11.0. The summed E-state index contributed by atoms with van der Waals surface area (Å²) in [6.07, 6.45) is 0. The van der Waals surface area contributed by atoms with Crippen LogP contribution in [0.2, 0.25) is 0 Å². The fourth-order valence-electron chi connectivity index (χ4n) is 3.78. The summed E-state index contributed by atoms with van der Waals surface area (Å²) < 4.78 is 43.0. The van der Waals surface area contributed by atoms with Crippen molar-refractivity contribution in [2.24, 2.45) is 0 Å². The fourth-order valence-corrected chi connectivity index (χ4v) is 5.54. The summed E-state index contributed by atoms with van der Waals surface area (Å²) >= 11 is 0. The van der Waals surface area contributed by atoms with Crippen LogP contribution in [0.15, 0.2) is 36.4 Å². The van der Waals surface area contributed by atoms with E-state index in [1.54, 1.807) is 24.3 Å². The van der Waals surface area contributed by atoms with Crippen LogP contribution in [0.5, 0.6) is 11.5 Å². The second kappa shape index (κ2) is 12.1. The van der Waals surface area contributed by atoms with Crippen LogP contribution in [-0.4, -0.2) is 57.7 Å². The van der Waals surface area contributed by atoms with E-state index in [2.05, 4.69) is 41.5 Å². The van der Waals surface area contributed by atoms with Gasteiger partial charge in [-0.15, -0.1) is 0 Å². The van der Waals surface area contributed by atoms with Crippen LogP contribution in [0.1, 0.15) is 52.7 Å². The number of hydrogen-bond donors (Lipinski definition) is 1. The zero-order valence-electron chi connectivity index (χ0n) is 22.5. The maximum absolute atomic E-state index is 14.4. The van der Waals surface area contributed by atoms with E-state index >= 15 is 0 Å². The van der Waals surface area contributed by atoms with Gasteiger partial charge in [0.1, 0.15) is 24.7 Å². The number of rotatable bonds is 0. The van der Waals surface area contributed by atoms with Crippen molar-refractivity contribution in [1.29, 1.82) is 0 Å². The molecule has 3 rings (SSSR count). The van der Waals surface area contributed by atoms with Gasteiger partial charge in [-0.25, -0.2) is 0 Å². The zero-order chi connectivity index (χ0) is 26.4. The molecule has 0 saturated carbocycles. The van der Waals surface area contributed by atoms with Crippen LogP contribution in [0, 0.1) is 0 Å². The van der Waals surface area contributed by atoms with Crippen molar-refractivity contribution in [3.63, 3.8) is 0 Å². The van der Waals surface area contributed by atoms with E-state index in [1.807, 2.05) is 12.1 Å². The molecule has 1 heterocycles. The number of fused-ring (bicyclic) bond motifs is 2. The van der Waals surface area contributed by atoms with Crippen molar-refractivity contribution in [3.05, 3.63) is 47.5 Å². The Kier molecular flexibility index (Phi) is 9.64. The monoisotopic (exact) mass is 520 g/mol. The van der Waals surface area contributed by atoms with Crippen molar-refractivity contribution in [2.45, 2.75) is 52.4 Å². The van der Waals surface area contributed by atoms with Crippen LogP contribution >= 0.6 is 7.37 Å². The maximum Gasteiger partial charge on any atom is 0.266 e. The molecule has 36 heavy (non-hydrogen) atoms.